The summed E-state index contributed by atoms with van der Waals surface area (Å²) in [7, 11) is 2.04. The summed E-state index contributed by atoms with van der Waals surface area (Å²) in [6, 6.07) is 14.2. The number of anilines is 1. The second-order valence-electron chi connectivity index (χ2n) is 8.33. The van der Waals surface area contributed by atoms with Gasteiger partial charge in [0.05, 0.1) is 23.4 Å². The van der Waals surface area contributed by atoms with Crippen molar-refractivity contribution >= 4 is 35.3 Å². The number of carbonyl (C=O) groups is 1. The van der Waals surface area contributed by atoms with Crippen LogP contribution in [0.3, 0.4) is 0 Å². The maximum Gasteiger partial charge on any atom is 0.150 e. The van der Waals surface area contributed by atoms with Crippen LogP contribution < -0.4 is 4.90 Å². The van der Waals surface area contributed by atoms with Gasteiger partial charge in [0.25, 0.3) is 0 Å². The molecule has 0 saturated carbocycles. The minimum absolute atomic E-state index is 0.609. The van der Waals surface area contributed by atoms with Crippen LogP contribution in [0.1, 0.15) is 88.3 Å². The van der Waals surface area contributed by atoms with Gasteiger partial charge in [-0.1, -0.05) is 78.0 Å². The topological polar surface area (TPSA) is 37.6 Å². The minimum Gasteiger partial charge on any atom is -0.367 e. The van der Waals surface area contributed by atoms with Gasteiger partial charge in [0.15, 0.2) is 0 Å². The number of hydrogen-bond donors (Lipinski definition) is 0. The highest BCUT2D eigenvalue weighted by Gasteiger charge is 2.14. The van der Waals surface area contributed by atoms with E-state index in [1.54, 1.807) is 6.07 Å². The predicted octanol–water partition coefficient (Wildman–Crippen LogP) is 8.75. The summed E-state index contributed by atoms with van der Waals surface area (Å²) in [4.78, 5) is 17.2. The summed E-state index contributed by atoms with van der Waals surface area (Å²) in [6.45, 7) is 18.1. The van der Waals surface area contributed by atoms with Crippen molar-refractivity contribution in [3.8, 4) is 0 Å². The van der Waals surface area contributed by atoms with Crippen LogP contribution >= 0.6 is 0 Å². The molecule has 0 spiro atoms. The normalized spacial score (nSPS) is 10.1. The van der Waals surface area contributed by atoms with Gasteiger partial charge in [-0.2, -0.15) is 0 Å². The fourth-order valence-corrected chi connectivity index (χ4v) is 4.13. The molecule has 0 radical (unpaired) electrons. The lowest BCUT2D eigenvalue weighted by Crippen LogP contribution is -2.19. The van der Waals surface area contributed by atoms with Crippen LogP contribution in [0, 0.1) is 6.92 Å². The first-order valence-corrected chi connectivity index (χ1v) is 12.8. The molecule has 0 N–H and O–H groups in total. The predicted molar refractivity (Wildman–Crippen MR) is 151 cm³/mol. The average Bonchev–Trinajstić information content (AvgIpc) is 3.23. The molecular formula is C30H45N3O. The molecule has 0 aliphatic heterocycles. The van der Waals surface area contributed by atoms with E-state index in [4.69, 9.17) is 0 Å². The summed E-state index contributed by atoms with van der Waals surface area (Å²) in [5.41, 5.74) is 6.14. The van der Waals surface area contributed by atoms with E-state index in [1.807, 2.05) is 33.0 Å². The van der Waals surface area contributed by atoms with Gasteiger partial charge >= 0.3 is 0 Å². The van der Waals surface area contributed by atoms with E-state index in [0.717, 1.165) is 30.8 Å². The first kappa shape index (κ1) is 29.2. The summed E-state index contributed by atoms with van der Waals surface area (Å²) in [5, 5.41) is 1.27. The molecule has 0 unspecified atom stereocenters. The summed E-state index contributed by atoms with van der Waals surface area (Å²) in [6.07, 6.45) is 7.84. The standard InChI is InChI=1S/C21H23N3O.C7H16.C2H6/c1-5-24-18(12-17-8-6-7-15(2)21(17)24)13-23(4)20-10-9-16(14-25)11-19(20)22-3;1-3-5-7-6-4-2;1-2/h6-12,14H,3,5,13H2,1-2,4H3;3-7H2,1-2H3;1-2H3. The van der Waals surface area contributed by atoms with Crippen LogP contribution in [-0.2, 0) is 13.1 Å². The van der Waals surface area contributed by atoms with Crippen molar-refractivity contribution in [1.29, 1.82) is 0 Å². The Kier molecular flexibility index (Phi) is 13.6. The molecule has 4 heteroatoms. The first-order chi connectivity index (χ1) is 16.5. The summed E-state index contributed by atoms with van der Waals surface area (Å²) >= 11 is 0. The fourth-order valence-electron chi connectivity index (χ4n) is 4.13. The van der Waals surface area contributed by atoms with Crippen molar-refractivity contribution in [3.05, 3.63) is 59.3 Å². The van der Waals surface area contributed by atoms with Gasteiger partial charge in [-0.05, 0) is 50.4 Å². The Morgan fingerprint density at radius 3 is 2.24 bits per heavy atom. The maximum atomic E-state index is 11.0. The zero-order valence-electron chi connectivity index (χ0n) is 22.5. The molecule has 0 bridgehead atoms. The second kappa shape index (κ2) is 15.9. The third-order valence-electron chi connectivity index (χ3n) is 5.85. The second-order valence-corrected chi connectivity index (χ2v) is 8.33. The third-order valence-corrected chi connectivity index (χ3v) is 5.85. The zero-order valence-corrected chi connectivity index (χ0v) is 22.5. The number of benzene rings is 2. The van der Waals surface area contributed by atoms with Crippen LogP contribution in [0.5, 0.6) is 0 Å². The van der Waals surface area contributed by atoms with E-state index >= 15 is 0 Å². The molecular weight excluding hydrogens is 418 g/mol. The van der Waals surface area contributed by atoms with Crippen molar-refractivity contribution in [1.82, 2.24) is 4.57 Å². The van der Waals surface area contributed by atoms with Crippen molar-refractivity contribution in [2.75, 3.05) is 11.9 Å². The molecule has 0 saturated heterocycles. The van der Waals surface area contributed by atoms with Crippen LogP contribution in [0.2, 0.25) is 0 Å². The Balaban J connectivity index is 0.000000553. The first-order valence-electron chi connectivity index (χ1n) is 12.8. The fraction of sp³-hybridized carbons (Fsp3) is 0.467. The number of aryl methyl sites for hydroxylation is 2. The van der Waals surface area contributed by atoms with E-state index in [1.165, 1.54) is 54.3 Å². The number of carbonyl (C=O) groups excluding carboxylic acids is 1. The van der Waals surface area contributed by atoms with E-state index in [-0.39, 0.29) is 0 Å². The van der Waals surface area contributed by atoms with E-state index in [0.29, 0.717) is 5.56 Å². The summed E-state index contributed by atoms with van der Waals surface area (Å²) < 4.78 is 2.36. The largest absolute Gasteiger partial charge is 0.367 e. The van der Waals surface area contributed by atoms with Crippen molar-refractivity contribution in [2.24, 2.45) is 4.99 Å². The number of para-hydroxylation sites is 1. The molecule has 1 heterocycles. The van der Waals surface area contributed by atoms with Gasteiger partial charge in [0.1, 0.15) is 6.29 Å². The molecule has 0 fully saturated rings. The smallest absolute Gasteiger partial charge is 0.150 e. The van der Waals surface area contributed by atoms with Gasteiger partial charge in [-0.3, -0.25) is 9.79 Å². The lowest BCUT2D eigenvalue weighted by atomic mass is 10.1. The number of fused-ring (bicyclic) bond motifs is 1. The van der Waals surface area contributed by atoms with Crippen LogP contribution in [-0.4, -0.2) is 24.6 Å². The Morgan fingerprint density at radius 1 is 1.00 bits per heavy atom. The van der Waals surface area contributed by atoms with Gasteiger partial charge in [-0.25, -0.2) is 0 Å². The van der Waals surface area contributed by atoms with Crippen LogP contribution in [0.15, 0.2) is 47.5 Å². The average molecular weight is 464 g/mol. The lowest BCUT2D eigenvalue weighted by Gasteiger charge is -2.22. The number of aliphatic imine (C=N–C) groups is 1. The molecule has 34 heavy (non-hydrogen) atoms. The quantitative estimate of drug-likeness (QED) is 0.171. The number of aldehydes is 1. The molecule has 0 atom stereocenters. The molecule has 0 aliphatic rings. The number of nitrogens with zero attached hydrogens (tertiary/aromatic N) is 3. The number of hydrogen-bond acceptors (Lipinski definition) is 3. The highest BCUT2D eigenvalue weighted by Crippen LogP contribution is 2.31. The highest BCUT2D eigenvalue weighted by molar-refractivity contribution is 5.85. The number of unbranched alkanes of at least 4 members (excludes halogenated alkanes) is 4. The Hall–Kier alpha value is -2.88. The molecule has 3 aromatic rings. The van der Waals surface area contributed by atoms with E-state index < -0.39 is 0 Å². The maximum absolute atomic E-state index is 11.0. The lowest BCUT2D eigenvalue weighted by molar-refractivity contribution is 0.112. The monoisotopic (exact) mass is 463 g/mol. The van der Waals surface area contributed by atoms with Crippen molar-refractivity contribution in [3.63, 3.8) is 0 Å². The molecule has 0 aliphatic carbocycles. The van der Waals surface area contributed by atoms with E-state index in [2.05, 4.69) is 73.1 Å². The molecule has 0 amide bonds. The molecule has 2 aromatic carbocycles. The molecule has 186 valence electrons. The van der Waals surface area contributed by atoms with Crippen LogP contribution in [0.25, 0.3) is 10.9 Å². The molecule has 1 aromatic heterocycles. The van der Waals surface area contributed by atoms with Crippen molar-refractivity contribution in [2.45, 2.75) is 86.7 Å². The van der Waals surface area contributed by atoms with Gasteiger partial charge < -0.3 is 9.47 Å². The molecule has 3 rings (SSSR count). The Labute approximate surface area is 207 Å². The SMILES string of the molecule is C=Nc1cc(C=O)ccc1N(C)Cc1cc2cccc(C)c2n1CC.CC.CCCCCCC. The zero-order chi connectivity index (χ0) is 25.5. The third kappa shape index (κ3) is 7.86. The van der Waals surface area contributed by atoms with Gasteiger partial charge in [-0.15, -0.1) is 0 Å². The molecule has 4 nitrogen and oxygen atoms in total. The highest BCUT2D eigenvalue weighted by atomic mass is 16.1. The Morgan fingerprint density at radius 2 is 1.68 bits per heavy atom. The van der Waals surface area contributed by atoms with E-state index in [9.17, 15) is 4.79 Å². The van der Waals surface area contributed by atoms with Gasteiger partial charge in [0.2, 0.25) is 0 Å². The Bertz CT molecular complexity index is 1020. The number of rotatable bonds is 10. The number of aromatic nitrogens is 1. The van der Waals surface area contributed by atoms with Crippen molar-refractivity contribution < 1.29 is 4.79 Å². The van der Waals surface area contributed by atoms with Gasteiger partial charge in [0, 0.05) is 30.2 Å². The van der Waals surface area contributed by atoms with Crippen LogP contribution in [0.4, 0.5) is 11.4 Å². The summed E-state index contributed by atoms with van der Waals surface area (Å²) in [5.74, 6) is 0. The minimum atomic E-state index is 0.609.